The predicted molar refractivity (Wildman–Crippen MR) is 264 cm³/mol. The Morgan fingerprint density at radius 2 is 0.742 bits per heavy atom. The van der Waals surface area contributed by atoms with E-state index < -0.39 is 0 Å². The van der Waals surface area contributed by atoms with Crippen molar-refractivity contribution in [3.63, 3.8) is 0 Å². The van der Waals surface area contributed by atoms with Crippen molar-refractivity contribution < 1.29 is 0 Å². The molecule has 0 fully saturated rings. The van der Waals surface area contributed by atoms with E-state index in [2.05, 4.69) is 252 Å². The van der Waals surface area contributed by atoms with Crippen molar-refractivity contribution in [3.8, 4) is 39.1 Å². The maximum Gasteiger partial charge on any atom is 0.0542 e. The number of anilines is 3. The molecule has 0 aliphatic carbocycles. The first-order chi connectivity index (χ1) is 30.8. The first-order valence-electron chi connectivity index (χ1n) is 21.3. The largest absolute Gasteiger partial charge is 0.310 e. The zero-order chi connectivity index (χ0) is 41.0. The summed E-state index contributed by atoms with van der Waals surface area (Å²) in [5.41, 5.74) is 14.1. The van der Waals surface area contributed by atoms with E-state index in [1.54, 1.807) is 0 Å². The van der Waals surface area contributed by atoms with E-state index in [-0.39, 0.29) is 0 Å². The molecule has 0 spiro atoms. The molecular weight excluding hydrogens is 749 g/mol. The lowest BCUT2D eigenvalue weighted by atomic mass is 9.85. The highest BCUT2D eigenvalue weighted by molar-refractivity contribution is 6.22. The maximum absolute atomic E-state index is 2.45. The van der Waals surface area contributed by atoms with Crippen LogP contribution in [0.3, 0.4) is 0 Å². The Morgan fingerprint density at radius 3 is 1.48 bits per heavy atom. The summed E-state index contributed by atoms with van der Waals surface area (Å²) in [4.78, 5) is 2.45. The van der Waals surface area contributed by atoms with E-state index in [1.165, 1.54) is 93.2 Å². The molecular formula is C60H40N2. The van der Waals surface area contributed by atoms with Crippen molar-refractivity contribution in [2.24, 2.45) is 0 Å². The van der Waals surface area contributed by atoms with Crippen molar-refractivity contribution >= 4 is 71.2 Å². The van der Waals surface area contributed by atoms with Crippen LogP contribution in [-0.4, -0.2) is 4.57 Å². The Bertz CT molecular complexity index is 3620. The van der Waals surface area contributed by atoms with Gasteiger partial charge in [0.1, 0.15) is 0 Å². The molecule has 1 heterocycles. The summed E-state index contributed by atoms with van der Waals surface area (Å²) in [6, 6.07) is 88.6. The van der Waals surface area contributed by atoms with Gasteiger partial charge in [-0.05, 0) is 115 Å². The molecule has 0 N–H and O–H groups in total. The van der Waals surface area contributed by atoms with Gasteiger partial charge in [0.05, 0.1) is 16.7 Å². The molecule has 11 aromatic carbocycles. The summed E-state index contributed by atoms with van der Waals surface area (Å²) in [6.45, 7) is 0. The lowest BCUT2D eigenvalue weighted by Gasteiger charge is -2.27. The van der Waals surface area contributed by atoms with Crippen molar-refractivity contribution in [2.75, 3.05) is 4.90 Å². The van der Waals surface area contributed by atoms with E-state index in [0.717, 1.165) is 17.1 Å². The fraction of sp³-hybridized carbons (Fsp3) is 0. The second-order valence-electron chi connectivity index (χ2n) is 16.1. The molecule has 0 aliphatic heterocycles. The number of benzene rings is 11. The lowest BCUT2D eigenvalue weighted by molar-refractivity contribution is 1.20. The van der Waals surface area contributed by atoms with Gasteiger partial charge in [-0.3, -0.25) is 0 Å². The van der Waals surface area contributed by atoms with Crippen LogP contribution in [0.15, 0.2) is 243 Å². The van der Waals surface area contributed by atoms with Gasteiger partial charge in [0.2, 0.25) is 0 Å². The normalized spacial score (nSPS) is 11.5. The minimum atomic E-state index is 1.09. The predicted octanol–water partition coefficient (Wildman–Crippen LogP) is 16.7. The van der Waals surface area contributed by atoms with Gasteiger partial charge >= 0.3 is 0 Å². The van der Waals surface area contributed by atoms with Crippen LogP contribution in [0.5, 0.6) is 0 Å². The fourth-order valence-corrected chi connectivity index (χ4v) is 9.79. The first kappa shape index (κ1) is 35.7. The third-order valence-electron chi connectivity index (χ3n) is 12.5. The molecule has 0 saturated carbocycles. The van der Waals surface area contributed by atoms with Crippen LogP contribution >= 0.6 is 0 Å². The SMILES string of the molecule is c1ccc(-c2cccc(N(c3ccc4c(c3)c(-c3ccccc3)c(-c3ccccc3)c3ccccc34)c3ccc4c(c3)c3ccccc3n4-c3cccc4ccccc34)c2)cc1. The Morgan fingerprint density at radius 1 is 0.258 bits per heavy atom. The Hall–Kier alpha value is -8.20. The van der Waals surface area contributed by atoms with Crippen LogP contribution in [0.2, 0.25) is 0 Å². The summed E-state index contributed by atoms with van der Waals surface area (Å²) in [5.74, 6) is 0. The highest BCUT2D eigenvalue weighted by Gasteiger charge is 2.22. The molecule has 0 saturated heterocycles. The second-order valence-corrected chi connectivity index (χ2v) is 16.1. The molecule has 0 amide bonds. The van der Waals surface area contributed by atoms with E-state index in [4.69, 9.17) is 0 Å². The number of aromatic nitrogens is 1. The third kappa shape index (κ3) is 5.88. The molecule has 0 unspecified atom stereocenters. The minimum absolute atomic E-state index is 1.09. The van der Waals surface area contributed by atoms with E-state index in [1.807, 2.05) is 0 Å². The van der Waals surface area contributed by atoms with Gasteiger partial charge in [-0.1, -0.05) is 188 Å². The standard InChI is InChI=1S/C60H40N2/c1-4-18-41(19-5-1)45-26-16-27-46(38-45)61(48-35-37-58-54(39-48)52-30-14-15-32-57(52)62(58)56-33-17-25-42-20-10-11-28-49(42)56)47-34-36-51-50-29-12-13-31-53(50)59(43-21-6-2-7-22-43)60(55(51)40-47)44-23-8-3-9-24-44/h1-40H. The Kier molecular flexibility index (Phi) is 8.53. The average Bonchev–Trinajstić information content (AvgIpc) is 3.68. The molecule has 0 radical (unpaired) electrons. The minimum Gasteiger partial charge on any atom is -0.310 e. The van der Waals surface area contributed by atoms with Gasteiger partial charge in [0.25, 0.3) is 0 Å². The molecule has 1 aromatic heterocycles. The van der Waals surface area contributed by atoms with Crippen molar-refractivity contribution in [2.45, 2.75) is 0 Å². The maximum atomic E-state index is 2.45. The van der Waals surface area contributed by atoms with E-state index in [9.17, 15) is 0 Å². The number of hydrogen-bond donors (Lipinski definition) is 0. The van der Waals surface area contributed by atoms with Crippen LogP contribution in [0.25, 0.3) is 93.2 Å². The summed E-state index contributed by atoms with van der Waals surface area (Å²) in [7, 11) is 0. The van der Waals surface area contributed by atoms with Gasteiger partial charge in [-0.2, -0.15) is 0 Å². The van der Waals surface area contributed by atoms with Crippen molar-refractivity contribution in [3.05, 3.63) is 243 Å². The van der Waals surface area contributed by atoms with E-state index in [0.29, 0.717) is 0 Å². The zero-order valence-corrected chi connectivity index (χ0v) is 34.0. The van der Waals surface area contributed by atoms with Crippen molar-refractivity contribution in [1.82, 2.24) is 4.57 Å². The number of para-hydroxylation sites is 1. The third-order valence-corrected chi connectivity index (χ3v) is 12.5. The van der Waals surface area contributed by atoms with Crippen LogP contribution in [0.4, 0.5) is 17.1 Å². The molecule has 0 atom stereocenters. The van der Waals surface area contributed by atoms with Crippen LogP contribution in [0.1, 0.15) is 0 Å². The van der Waals surface area contributed by atoms with Crippen LogP contribution in [0, 0.1) is 0 Å². The van der Waals surface area contributed by atoms with Gasteiger partial charge in [0.15, 0.2) is 0 Å². The highest BCUT2D eigenvalue weighted by Crippen LogP contribution is 2.48. The highest BCUT2D eigenvalue weighted by atomic mass is 15.1. The number of hydrogen-bond acceptors (Lipinski definition) is 1. The van der Waals surface area contributed by atoms with Crippen LogP contribution < -0.4 is 4.90 Å². The molecule has 2 nitrogen and oxygen atoms in total. The molecule has 0 aliphatic rings. The summed E-state index contributed by atoms with van der Waals surface area (Å²) in [6.07, 6.45) is 0. The quantitative estimate of drug-likeness (QED) is 0.146. The van der Waals surface area contributed by atoms with Gasteiger partial charge in [-0.25, -0.2) is 0 Å². The molecule has 12 aromatic rings. The number of fused-ring (bicyclic) bond motifs is 7. The zero-order valence-electron chi connectivity index (χ0n) is 34.0. The fourth-order valence-electron chi connectivity index (χ4n) is 9.79. The number of nitrogens with zero attached hydrogens (tertiary/aromatic N) is 2. The second kappa shape index (κ2) is 14.8. The Balaban J connectivity index is 1.15. The average molecular weight is 789 g/mol. The topological polar surface area (TPSA) is 8.17 Å². The van der Waals surface area contributed by atoms with Crippen molar-refractivity contribution in [1.29, 1.82) is 0 Å². The molecule has 0 bridgehead atoms. The molecule has 12 rings (SSSR count). The van der Waals surface area contributed by atoms with Gasteiger partial charge in [0, 0.05) is 33.2 Å². The molecule has 290 valence electrons. The summed E-state index contributed by atoms with van der Waals surface area (Å²) < 4.78 is 2.44. The van der Waals surface area contributed by atoms with Gasteiger partial charge in [-0.15, -0.1) is 0 Å². The summed E-state index contributed by atoms with van der Waals surface area (Å²) >= 11 is 0. The summed E-state index contributed by atoms with van der Waals surface area (Å²) in [5, 5.41) is 9.82. The van der Waals surface area contributed by atoms with Gasteiger partial charge < -0.3 is 9.47 Å². The van der Waals surface area contributed by atoms with E-state index >= 15 is 0 Å². The van der Waals surface area contributed by atoms with Crippen LogP contribution in [-0.2, 0) is 0 Å². The molecule has 62 heavy (non-hydrogen) atoms. The number of rotatable bonds is 7. The Labute approximate surface area is 360 Å². The first-order valence-corrected chi connectivity index (χ1v) is 21.3. The lowest BCUT2D eigenvalue weighted by Crippen LogP contribution is -2.10. The monoisotopic (exact) mass is 788 g/mol. The molecule has 2 heteroatoms. The smallest absolute Gasteiger partial charge is 0.0542 e.